The first kappa shape index (κ1) is 19.2. The molecule has 0 fully saturated rings. The lowest BCUT2D eigenvalue weighted by Crippen LogP contribution is -2.26. The van der Waals surface area contributed by atoms with E-state index in [1.54, 1.807) is 0 Å². The Balaban J connectivity index is 2.41. The summed E-state index contributed by atoms with van der Waals surface area (Å²) in [7, 11) is 0. The standard InChI is InChI=1S/C14H18F3NO5/c1-2-21-5-6-22-7-8-23-13(20)10-18-9-11(14(15,16)17)3-4-12(18)19/h3-4,9H,2,5-8,10H2,1H3. The van der Waals surface area contributed by atoms with Gasteiger partial charge < -0.3 is 18.8 Å². The first-order chi connectivity index (χ1) is 10.8. The molecule has 0 amide bonds. The summed E-state index contributed by atoms with van der Waals surface area (Å²) in [4.78, 5) is 23.0. The molecule has 0 bridgehead atoms. The van der Waals surface area contributed by atoms with E-state index >= 15 is 0 Å². The van der Waals surface area contributed by atoms with Gasteiger partial charge in [0.25, 0.3) is 5.56 Å². The van der Waals surface area contributed by atoms with Gasteiger partial charge in [-0.15, -0.1) is 0 Å². The molecule has 0 aromatic carbocycles. The Morgan fingerprint density at radius 1 is 1.13 bits per heavy atom. The van der Waals surface area contributed by atoms with Crippen LogP contribution >= 0.6 is 0 Å². The van der Waals surface area contributed by atoms with Gasteiger partial charge in [0.1, 0.15) is 13.2 Å². The van der Waals surface area contributed by atoms with Gasteiger partial charge >= 0.3 is 12.1 Å². The highest BCUT2D eigenvalue weighted by Crippen LogP contribution is 2.27. The number of pyridine rings is 1. The fraction of sp³-hybridized carbons (Fsp3) is 0.571. The Hall–Kier alpha value is -1.87. The third-order valence-corrected chi connectivity index (χ3v) is 2.68. The van der Waals surface area contributed by atoms with Gasteiger partial charge in [0.05, 0.1) is 25.4 Å². The van der Waals surface area contributed by atoms with E-state index in [9.17, 15) is 22.8 Å². The quantitative estimate of drug-likeness (QED) is 0.504. The van der Waals surface area contributed by atoms with Crippen molar-refractivity contribution in [3.05, 3.63) is 34.2 Å². The molecule has 0 atom stereocenters. The summed E-state index contributed by atoms with van der Waals surface area (Å²) in [5.74, 6) is -0.820. The lowest BCUT2D eigenvalue weighted by atomic mass is 10.3. The molecular weight excluding hydrogens is 319 g/mol. The SMILES string of the molecule is CCOCCOCCOC(=O)Cn1cc(C(F)(F)F)ccc1=O. The van der Waals surface area contributed by atoms with Crippen LogP contribution in [0.25, 0.3) is 0 Å². The van der Waals surface area contributed by atoms with Crippen molar-refractivity contribution in [3.63, 3.8) is 0 Å². The molecular formula is C14H18F3NO5. The van der Waals surface area contributed by atoms with Crippen molar-refractivity contribution in [2.45, 2.75) is 19.6 Å². The first-order valence-corrected chi connectivity index (χ1v) is 6.93. The third kappa shape index (κ3) is 7.29. The molecule has 0 spiro atoms. The molecule has 0 radical (unpaired) electrons. The molecule has 0 saturated heterocycles. The number of hydrogen-bond acceptors (Lipinski definition) is 5. The molecule has 1 heterocycles. The normalized spacial score (nSPS) is 11.5. The summed E-state index contributed by atoms with van der Waals surface area (Å²) in [6.45, 7) is 2.67. The fourth-order valence-electron chi connectivity index (χ4n) is 1.59. The molecule has 6 nitrogen and oxygen atoms in total. The lowest BCUT2D eigenvalue weighted by molar-refractivity contribution is -0.146. The highest BCUT2D eigenvalue weighted by Gasteiger charge is 2.31. The van der Waals surface area contributed by atoms with E-state index in [1.165, 1.54) is 0 Å². The number of carbonyl (C=O) groups excluding carboxylic acids is 1. The molecule has 1 aromatic rings. The Bertz CT molecular complexity index is 556. The molecule has 0 unspecified atom stereocenters. The zero-order valence-corrected chi connectivity index (χ0v) is 12.6. The van der Waals surface area contributed by atoms with Gasteiger partial charge in [0.15, 0.2) is 0 Å². The number of aromatic nitrogens is 1. The van der Waals surface area contributed by atoms with Crippen molar-refractivity contribution in [1.82, 2.24) is 4.57 Å². The summed E-state index contributed by atoms with van der Waals surface area (Å²) in [6.07, 6.45) is -4.00. The number of esters is 1. The average Bonchev–Trinajstić information content (AvgIpc) is 2.47. The van der Waals surface area contributed by atoms with Crippen LogP contribution in [0, 0.1) is 0 Å². The molecule has 130 valence electrons. The first-order valence-electron chi connectivity index (χ1n) is 6.93. The molecule has 0 N–H and O–H groups in total. The number of rotatable bonds is 9. The lowest BCUT2D eigenvalue weighted by Gasteiger charge is -2.10. The zero-order chi connectivity index (χ0) is 17.3. The maximum Gasteiger partial charge on any atom is 0.417 e. The van der Waals surface area contributed by atoms with E-state index in [4.69, 9.17) is 14.2 Å². The van der Waals surface area contributed by atoms with Crippen molar-refractivity contribution < 1.29 is 32.2 Å². The minimum atomic E-state index is -4.59. The number of ether oxygens (including phenoxy) is 3. The predicted molar refractivity (Wildman–Crippen MR) is 74.0 cm³/mol. The summed E-state index contributed by atoms with van der Waals surface area (Å²) >= 11 is 0. The molecule has 1 rings (SSSR count). The van der Waals surface area contributed by atoms with Crippen molar-refractivity contribution in [3.8, 4) is 0 Å². The second kappa shape index (κ2) is 9.31. The number of carbonyl (C=O) groups is 1. The van der Waals surface area contributed by atoms with E-state index in [0.717, 1.165) is 6.07 Å². The highest BCUT2D eigenvalue weighted by atomic mass is 19.4. The number of halogens is 3. The van der Waals surface area contributed by atoms with Crippen LogP contribution in [0.2, 0.25) is 0 Å². The number of alkyl halides is 3. The molecule has 1 aromatic heterocycles. The number of nitrogens with zero attached hydrogens (tertiary/aromatic N) is 1. The monoisotopic (exact) mass is 337 g/mol. The van der Waals surface area contributed by atoms with Crippen LogP contribution in [-0.4, -0.2) is 43.6 Å². The average molecular weight is 337 g/mol. The molecule has 0 aliphatic heterocycles. The molecule has 0 saturated carbocycles. The summed E-state index contributed by atoms with van der Waals surface area (Å²) in [5, 5.41) is 0. The van der Waals surface area contributed by atoms with Crippen molar-refractivity contribution in [2.24, 2.45) is 0 Å². The van der Waals surface area contributed by atoms with E-state index < -0.39 is 29.8 Å². The maximum atomic E-state index is 12.6. The highest BCUT2D eigenvalue weighted by molar-refractivity contribution is 5.69. The van der Waals surface area contributed by atoms with Crippen molar-refractivity contribution in [1.29, 1.82) is 0 Å². The third-order valence-electron chi connectivity index (χ3n) is 2.68. The van der Waals surface area contributed by atoms with Gasteiger partial charge in [-0.3, -0.25) is 9.59 Å². The molecule has 9 heteroatoms. The largest absolute Gasteiger partial charge is 0.462 e. The van der Waals surface area contributed by atoms with Crippen LogP contribution < -0.4 is 5.56 Å². The smallest absolute Gasteiger partial charge is 0.417 e. The summed E-state index contributed by atoms with van der Waals surface area (Å²) < 4.78 is 53.2. The second-order valence-corrected chi connectivity index (χ2v) is 4.41. The van der Waals surface area contributed by atoms with Crippen molar-refractivity contribution in [2.75, 3.05) is 33.0 Å². The van der Waals surface area contributed by atoms with E-state index in [0.29, 0.717) is 36.7 Å². The molecule has 0 aliphatic carbocycles. The number of hydrogen-bond donors (Lipinski definition) is 0. The van der Waals surface area contributed by atoms with Gasteiger partial charge in [0.2, 0.25) is 0 Å². The summed E-state index contributed by atoms with van der Waals surface area (Å²) in [6, 6.07) is 1.42. The van der Waals surface area contributed by atoms with Crippen LogP contribution in [0.15, 0.2) is 23.1 Å². The van der Waals surface area contributed by atoms with E-state index in [-0.39, 0.29) is 13.2 Å². The van der Waals surface area contributed by atoms with Gasteiger partial charge in [-0.1, -0.05) is 0 Å². The predicted octanol–water partition coefficient (Wildman–Crippen LogP) is 1.46. The summed E-state index contributed by atoms with van der Waals surface area (Å²) in [5.41, 5.74) is -1.73. The van der Waals surface area contributed by atoms with E-state index in [1.807, 2.05) is 6.92 Å². The Kier molecular flexibility index (Phi) is 7.76. The maximum absolute atomic E-state index is 12.6. The van der Waals surface area contributed by atoms with Gasteiger partial charge in [0, 0.05) is 18.9 Å². The van der Waals surface area contributed by atoms with Crippen LogP contribution in [0.3, 0.4) is 0 Å². The second-order valence-electron chi connectivity index (χ2n) is 4.41. The van der Waals surface area contributed by atoms with Crippen LogP contribution in [0.1, 0.15) is 12.5 Å². The van der Waals surface area contributed by atoms with Crippen molar-refractivity contribution >= 4 is 5.97 Å². The molecule has 0 aliphatic rings. The van der Waals surface area contributed by atoms with Gasteiger partial charge in [-0.25, -0.2) is 0 Å². The van der Waals surface area contributed by atoms with Gasteiger partial charge in [-0.05, 0) is 13.0 Å². The minimum absolute atomic E-state index is 0.0569. The topological polar surface area (TPSA) is 66.8 Å². The van der Waals surface area contributed by atoms with Gasteiger partial charge in [-0.2, -0.15) is 13.2 Å². The Morgan fingerprint density at radius 2 is 1.78 bits per heavy atom. The fourth-order valence-corrected chi connectivity index (χ4v) is 1.59. The zero-order valence-electron chi connectivity index (χ0n) is 12.6. The van der Waals surface area contributed by atoms with Crippen LogP contribution in [0.5, 0.6) is 0 Å². The van der Waals surface area contributed by atoms with Crippen LogP contribution in [-0.2, 0) is 31.7 Å². The Morgan fingerprint density at radius 3 is 2.43 bits per heavy atom. The van der Waals surface area contributed by atoms with E-state index in [2.05, 4.69) is 0 Å². The molecule has 23 heavy (non-hydrogen) atoms. The van der Waals surface area contributed by atoms with Crippen LogP contribution in [0.4, 0.5) is 13.2 Å². The minimum Gasteiger partial charge on any atom is -0.462 e. The Labute approximate surface area is 130 Å².